The summed E-state index contributed by atoms with van der Waals surface area (Å²) in [7, 11) is 1.72. The first kappa shape index (κ1) is 12.0. The summed E-state index contributed by atoms with van der Waals surface area (Å²) in [4.78, 5) is 4.28. The van der Waals surface area contributed by atoms with Gasteiger partial charge in [0.25, 0.3) is 0 Å². The Hall–Kier alpha value is -1.03. The predicted molar refractivity (Wildman–Crippen MR) is 62.0 cm³/mol. The summed E-state index contributed by atoms with van der Waals surface area (Å²) in [5, 5.41) is 3.31. The van der Waals surface area contributed by atoms with Crippen LogP contribution in [0.4, 0.5) is 5.95 Å². The summed E-state index contributed by atoms with van der Waals surface area (Å²) < 4.78 is 7.14. The van der Waals surface area contributed by atoms with Crippen molar-refractivity contribution in [1.29, 1.82) is 0 Å². The van der Waals surface area contributed by atoms with Crippen LogP contribution in [0, 0.1) is 5.92 Å². The largest absolute Gasteiger partial charge is 0.385 e. The van der Waals surface area contributed by atoms with Crippen molar-refractivity contribution >= 4 is 5.95 Å². The fourth-order valence-electron chi connectivity index (χ4n) is 1.43. The number of hydrogen-bond acceptors (Lipinski definition) is 3. The average Bonchev–Trinajstić information content (AvgIpc) is 2.59. The van der Waals surface area contributed by atoms with Crippen LogP contribution in [0.25, 0.3) is 0 Å². The van der Waals surface area contributed by atoms with E-state index in [1.54, 1.807) is 7.11 Å². The minimum absolute atomic E-state index is 0.638. The van der Waals surface area contributed by atoms with Gasteiger partial charge in [-0.25, -0.2) is 4.98 Å². The third-order valence-corrected chi connectivity index (χ3v) is 2.09. The van der Waals surface area contributed by atoms with Gasteiger partial charge in [-0.1, -0.05) is 13.8 Å². The van der Waals surface area contributed by atoms with Crippen LogP contribution in [-0.4, -0.2) is 29.8 Å². The van der Waals surface area contributed by atoms with Crippen LogP contribution < -0.4 is 5.32 Å². The molecule has 0 spiro atoms. The first-order chi connectivity index (χ1) is 7.24. The van der Waals surface area contributed by atoms with E-state index in [0.717, 1.165) is 32.1 Å². The molecule has 0 bridgehead atoms. The van der Waals surface area contributed by atoms with Gasteiger partial charge in [0.1, 0.15) is 0 Å². The summed E-state index contributed by atoms with van der Waals surface area (Å²) >= 11 is 0. The van der Waals surface area contributed by atoms with E-state index in [4.69, 9.17) is 4.74 Å². The van der Waals surface area contributed by atoms with Crippen molar-refractivity contribution in [2.75, 3.05) is 25.6 Å². The predicted octanol–water partition coefficient (Wildman–Crippen LogP) is 1.99. The first-order valence-corrected chi connectivity index (χ1v) is 5.48. The molecule has 0 atom stereocenters. The molecule has 0 unspecified atom stereocenters. The van der Waals surface area contributed by atoms with E-state index >= 15 is 0 Å². The molecule has 0 saturated heterocycles. The quantitative estimate of drug-likeness (QED) is 0.701. The highest BCUT2D eigenvalue weighted by atomic mass is 16.5. The minimum atomic E-state index is 0.638. The van der Waals surface area contributed by atoms with E-state index < -0.39 is 0 Å². The van der Waals surface area contributed by atoms with Crippen LogP contribution in [0.3, 0.4) is 0 Å². The topological polar surface area (TPSA) is 39.1 Å². The SMILES string of the molecule is COCCCNc1nccn1CC(C)C. The van der Waals surface area contributed by atoms with E-state index in [-0.39, 0.29) is 0 Å². The zero-order valence-corrected chi connectivity index (χ0v) is 9.86. The highest BCUT2D eigenvalue weighted by molar-refractivity contribution is 5.25. The molecule has 1 N–H and O–H groups in total. The van der Waals surface area contributed by atoms with Crippen LogP contribution >= 0.6 is 0 Å². The monoisotopic (exact) mass is 211 g/mol. The van der Waals surface area contributed by atoms with Gasteiger partial charge >= 0.3 is 0 Å². The fraction of sp³-hybridized carbons (Fsp3) is 0.727. The normalized spacial score (nSPS) is 10.9. The summed E-state index contributed by atoms with van der Waals surface area (Å²) in [6.07, 6.45) is 4.85. The van der Waals surface area contributed by atoms with E-state index in [9.17, 15) is 0 Å². The Labute approximate surface area is 91.7 Å². The van der Waals surface area contributed by atoms with Crippen molar-refractivity contribution in [3.8, 4) is 0 Å². The lowest BCUT2D eigenvalue weighted by molar-refractivity contribution is 0.197. The molecular formula is C11H21N3O. The van der Waals surface area contributed by atoms with Crippen LogP contribution in [0.1, 0.15) is 20.3 Å². The number of nitrogens with zero attached hydrogens (tertiary/aromatic N) is 2. The van der Waals surface area contributed by atoms with Crippen molar-refractivity contribution in [3.63, 3.8) is 0 Å². The van der Waals surface area contributed by atoms with Gasteiger partial charge in [-0.05, 0) is 12.3 Å². The summed E-state index contributed by atoms with van der Waals surface area (Å²) in [5.41, 5.74) is 0. The van der Waals surface area contributed by atoms with Gasteiger partial charge in [-0.2, -0.15) is 0 Å². The lowest BCUT2D eigenvalue weighted by Gasteiger charge is -2.11. The Morgan fingerprint density at radius 2 is 2.33 bits per heavy atom. The molecule has 0 aliphatic carbocycles. The molecule has 0 aromatic carbocycles. The lowest BCUT2D eigenvalue weighted by atomic mass is 10.2. The minimum Gasteiger partial charge on any atom is -0.385 e. The van der Waals surface area contributed by atoms with Crippen molar-refractivity contribution in [2.24, 2.45) is 5.92 Å². The Morgan fingerprint density at radius 1 is 1.53 bits per heavy atom. The van der Waals surface area contributed by atoms with Gasteiger partial charge in [0.05, 0.1) is 0 Å². The molecule has 4 nitrogen and oxygen atoms in total. The van der Waals surface area contributed by atoms with Crippen molar-refractivity contribution < 1.29 is 4.74 Å². The van der Waals surface area contributed by atoms with E-state index in [2.05, 4.69) is 28.7 Å². The number of hydrogen-bond donors (Lipinski definition) is 1. The molecule has 0 amide bonds. The molecule has 0 saturated carbocycles. The van der Waals surface area contributed by atoms with E-state index in [0.29, 0.717) is 5.92 Å². The third-order valence-electron chi connectivity index (χ3n) is 2.09. The van der Waals surface area contributed by atoms with Gasteiger partial charge < -0.3 is 14.6 Å². The number of nitrogens with one attached hydrogen (secondary N) is 1. The Balaban J connectivity index is 2.36. The number of rotatable bonds is 7. The van der Waals surface area contributed by atoms with Crippen molar-refractivity contribution in [3.05, 3.63) is 12.4 Å². The highest BCUT2D eigenvalue weighted by Crippen LogP contribution is 2.07. The van der Waals surface area contributed by atoms with Crippen molar-refractivity contribution in [2.45, 2.75) is 26.8 Å². The maximum atomic E-state index is 4.99. The zero-order valence-electron chi connectivity index (χ0n) is 9.86. The fourth-order valence-corrected chi connectivity index (χ4v) is 1.43. The summed E-state index contributed by atoms with van der Waals surface area (Å²) in [5.74, 6) is 1.60. The summed E-state index contributed by atoms with van der Waals surface area (Å²) in [6.45, 7) is 7.11. The van der Waals surface area contributed by atoms with Crippen LogP contribution in [0.5, 0.6) is 0 Å². The molecule has 0 aliphatic rings. The molecule has 4 heteroatoms. The Kier molecular flexibility index (Phi) is 5.18. The molecule has 86 valence electrons. The van der Waals surface area contributed by atoms with Crippen LogP contribution in [0.15, 0.2) is 12.4 Å². The van der Waals surface area contributed by atoms with Crippen LogP contribution in [0.2, 0.25) is 0 Å². The molecular weight excluding hydrogens is 190 g/mol. The number of imidazole rings is 1. The second-order valence-corrected chi connectivity index (χ2v) is 4.07. The van der Waals surface area contributed by atoms with Crippen LogP contribution in [-0.2, 0) is 11.3 Å². The standard InChI is InChI=1S/C11H21N3O/c1-10(2)9-14-7-6-13-11(14)12-5-4-8-15-3/h6-7,10H,4-5,8-9H2,1-3H3,(H,12,13). The third kappa shape index (κ3) is 4.34. The summed E-state index contributed by atoms with van der Waals surface area (Å²) in [6, 6.07) is 0. The second-order valence-electron chi connectivity index (χ2n) is 4.07. The first-order valence-electron chi connectivity index (χ1n) is 5.48. The van der Waals surface area contributed by atoms with Gasteiger partial charge in [-0.15, -0.1) is 0 Å². The lowest BCUT2D eigenvalue weighted by Crippen LogP contribution is -2.12. The number of anilines is 1. The molecule has 1 aromatic rings. The van der Waals surface area contributed by atoms with Crippen molar-refractivity contribution in [1.82, 2.24) is 9.55 Å². The second kappa shape index (κ2) is 6.45. The van der Waals surface area contributed by atoms with Gasteiger partial charge in [0.2, 0.25) is 5.95 Å². The number of methoxy groups -OCH3 is 1. The average molecular weight is 211 g/mol. The highest BCUT2D eigenvalue weighted by Gasteiger charge is 2.03. The molecule has 0 aliphatic heterocycles. The van der Waals surface area contributed by atoms with Gasteiger partial charge in [-0.3, -0.25) is 0 Å². The maximum absolute atomic E-state index is 4.99. The maximum Gasteiger partial charge on any atom is 0.202 e. The molecule has 0 fully saturated rings. The van der Waals surface area contributed by atoms with E-state index in [1.165, 1.54) is 0 Å². The number of aromatic nitrogens is 2. The molecule has 1 rings (SSSR count). The smallest absolute Gasteiger partial charge is 0.202 e. The Morgan fingerprint density at radius 3 is 3.00 bits per heavy atom. The zero-order chi connectivity index (χ0) is 11.1. The van der Waals surface area contributed by atoms with Gasteiger partial charge in [0, 0.05) is 39.2 Å². The molecule has 15 heavy (non-hydrogen) atoms. The number of ether oxygens (including phenoxy) is 1. The molecule has 1 heterocycles. The molecule has 0 radical (unpaired) electrons. The van der Waals surface area contributed by atoms with Gasteiger partial charge in [0.15, 0.2) is 0 Å². The molecule has 1 aromatic heterocycles. The van der Waals surface area contributed by atoms with E-state index in [1.807, 2.05) is 12.4 Å². The Bertz CT molecular complexity index is 271.